The Balaban J connectivity index is 1.32. The molecule has 1 aromatic heterocycles. The number of hydrogen-bond donors (Lipinski definition) is 2. The molecule has 0 spiro atoms. The standard InChI is InChI=1S/C22H24N4O5S2/c1-31-22(28)16-5-2-3-6-17(16)24-21(27)15-11-9-14(10-12-15)13-23-33(29,30)19-8-4-7-18-20(19)26-32-25-18/h2-8,14-15,23H,9-13H2,1H3,(H,24,27). The zero-order chi connectivity index (χ0) is 23.4. The van der Waals surface area contributed by atoms with Crippen molar-refractivity contribution in [1.29, 1.82) is 0 Å². The number of hydrogen-bond acceptors (Lipinski definition) is 8. The van der Waals surface area contributed by atoms with E-state index in [1.54, 1.807) is 36.4 Å². The monoisotopic (exact) mass is 488 g/mol. The molecule has 174 valence electrons. The van der Waals surface area contributed by atoms with Crippen molar-refractivity contribution in [2.75, 3.05) is 19.0 Å². The molecular weight excluding hydrogens is 464 g/mol. The Hall–Kier alpha value is -2.89. The summed E-state index contributed by atoms with van der Waals surface area (Å²) in [5.41, 5.74) is 1.67. The molecule has 1 aliphatic carbocycles. The number of methoxy groups -OCH3 is 1. The van der Waals surface area contributed by atoms with E-state index in [1.165, 1.54) is 13.2 Å². The number of nitrogens with one attached hydrogen (secondary N) is 2. The third-order valence-corrected chi connectivity index (χ3v) is 7.91. The number of aromatic nitrogens is 2. The fraction of sp³-hybridized carbons (Fsp3) is 0.364. The lowest BCUT2D eigenvalue weighted by molar-refractivity contribution is -0.121. The maximum absolute atomic E-state index is 12.8. The van der Waals surface area contributed by atoms with Gasteiger partial charge in [-0.05, 0) is 55.9 Å². The number of nitrogens with zero attached hydrogens (tertiary/aromatic N) is 2. The van der Waals surface area contributed by atoms with Gasteiger partial charge in [0.1, 0.15) is 15.9 Å². The molecule has 0 atom stereocenters. The molecule has 33 heavy (non-hydrogen) atoms. The van der Waals surface area contributed by atoms with E-state index in [1.807, 2.05) is 0 Å². The molecule has 9 nitrogen and oxygen atoms in total. The number of amides is 1. The van der Waals surface area contributed by atoms with Crippen molar-refractivity contribution < 1.29 is 22.7 Å². The van der Waals surface area contributed by atoms with Crippen LogP contribution < -0.4 is 10.0 Å². The fourth-order valence-corrected chi connectivity index (χ4v) is 5.93. The summed E-state index contributed by atoms with van der Waals surface area (Å²) < 4.78 is 41.3. The van der Waals surface area contributed by atoms with Crippen LogP contribution in [0, 0.1) is 11.8 Å². The molecule has 4 rings (SSSR count). The van der Waals surface area contributed by atoms with Crippen molar-refractivity contribution in [2.45, 2.75) is 30.6 Å². The van der Waals surface area contributed by atoms with Crippen LogP contribution in [-0.2, 0) is 19.6 Å². The lowest BCUT2D eigenvalue weighted by Gasteiger charge is -2.28. The zero-order valence-corrected chi connectivity index (χ0v) is 19.6. The predicted octanol–water partition coefficient (Wildman–Crippen LogP) is 3.20. The number of carbonyl (C=O) groups excluding carboxylic acids is 2. The number of para-hydroxylation sites is 1. The summed E-state index contributed by atoms with van der Waals surface area (Å²) >= 11 is 0.981. The molecule has 1 aliphatic rings. The van der Waals surface area contributed by atoms with E-state index >= 15 is 0 Å². The molecular formula is C22H24N4O5S2. The molecule has 1 saturated carbocycles. The Bertz CT molecular complexity index is 1270. The van der Waals surface area contributed by atoms with E-state index in [4.69, 9.17) is 4.74 Å². The second-order valence-electron chi connectivity index (χ2n) is 7.98. The molecule has 3 aromatic rings. The van der Waals surface area contributed by atoms with Gasteiger partial charge in [-0.15, -0.1) is 0 Å². The first kappa shape index (κ1) is 23.3. The van der Waals surface area contributed by atoms with Crippen LogP contribution in [-0.4, -0.2) is 42.7 Å². The average molecular weight is 489 g/mol. The van der Waals surface area contributed by atoms with E-state index in [0.29, 0.717) is 41.7 Å². The number of benzene rings is 2. The van der Waals surface area contributed by atoms with Gasteiger partial charge in [0.05, 0.1) is 30.1 Å². The maximum atomic E-state index is 12.8. The number of sulfonamides is 1. The highest BCUT2D eigenvalue weighted by Gasteiger charge is 2.28. The quantitative estimate of drug-likeness (QED) is 0.489. The molecule has 0 saturated heterocycles. The summed E-state index contributed by atoms with van der Waals surface area (Å²) in [4.78, 5) is 24.8. The number of rotatable bonds is 7. The zero-order valence-electron chi connectivity index (χ0n) is 18.0. The van der Waals surface area contributed by atoms with Gasteiger partial charge < -0.3 is 10.1 Å². The normalized spacial score (nSPS) is 18.7. The summed E-state index contributed by atoms with van der Waals surface area (Å²) in [6.45, 7) is 0.301. The SMILES string of the molecule is COC(=O)c1ccccc1NC(=O)C1CCC(CNS(=O)(=O)c2cccc3nsnc23)CC1. The third kappa shape index (κ3) is 5.21. The van der Waals surface area contributed by atoms with Crippen LogP contribution in [0.4, 0.5) is 5.69 Å². The Kier molecular flexibility index (Phi) is 7.01. The highest BCUT2D eigenvalue weighted by atomic mass is 32.2. The Morgan fingerprint density at radius 3 is 2.58 bits per heavy atom. The summed E-state index contributed by atoms with van der Waals surface area (Å²) in [6.07, 6.45) is 2.73. The molecule has 0 aliphatic heterocycles. The average Bonchev–Trinajstić information content (AvgIpc) is 3.32. The number of carbonyl (C=O) groups is 2. The molecule has 0 radical (unpaired) electrons. The minimum atomic E-state index is -3.71. The van der Waals surface area contributed by atoms with Gasteiger partial charge in [0.15, 0.2) is 0 Å². The highest BCUT2D eigenvalue weighted by molar-refractivity contribution is 7.89. The van der Waals surface area contributed by atoms with E-state index in [-0.39, 0.29) is 22.6 Å². The molecule has 1 fully saturated rings. The highest BCUT2D eigenvalue weighted by Crippen LogP contribution is 2.30. The van der Waals surface area contributed by atoms with Crippen molar-refractivity contribution in [3.63, 3.8) is 0 Å². The van der Waals surface area contributed by atoms with Crippen LogP contribution in [0.5, 0.6) is 0 Å². The van der Waals surface area contributed by atoms with Gasteiger partial charge in [-0.2, -0.15) is 8.75 Å². The van der Waals surface area contributed by atoms with Gasteiger partial charge in [-0.1, -0.05) is 18.2 Å². The first-order chi connectivity index (χ1) is 15.9. The second-order valence-corrected chi connectivity index (χ2v) is 10.2. The van der Waals surface area contributed by atoms with Crippen LogP contribution in [0.3, 0.4) is 0 Å². The van der Waals surface area contributed by atoms with E-state index in [2.05, 4.69) is 18.8 Å². The van der Waals surface area contributed by atoms with E-state index in [0.717, 1.165) is 24.6 Å². The largest absolute Gasteiger partial charge is 0.465 e. The maximum Gasteiger partial charge on any atom is 0.339 e. The lowest BCUT2D eigenvalue weighted by Crippen LogP contribution is -2.34. The summed E-state index contributed by atoms with van der Waals surface area (Å²) in [6, 6.07) is 11.6. The summed E-state index contributed by atoms with van der Waals surface area (Å²) in [7, 11) is -2.41. The first-order valence-corrected chi connectivity index (χ1v) is 12.8. The van der Waals surface area contributed by atoms with Gasteiger partial charge in [-0.3, -0.25) is 4.79 Å². The van der Waals surface area contributed by atoms with Crippen LogP contribution in [0.2, 0.25) is 0 Å². The Labute approximate surface area is 195 Å². The second kappa shape index (κ2) is 9.94. The molecule has 0 unspecified atom stereocenters. The van der Waals surface area contributed by atoms with Crippen LogP contribution in [0.25, 0.3) is 11.0 Å². The smallest absolute Gasteiger partial charge is 0.339 e. The topological polar surface area (TPSA) is 127 Å². The van der Waals surface area contributed by atoms with Gasteiger partial charge in [0, 0.05) is 12.5 Å². The minimum absolute atomic E-state index is 0.131. The van der Waals surface area contributed by atoms with Crippen LogP contribution in [0.1, 0.15) is 36.0 Å². The fourth-order valence-electron chi connectivity index (χ4n) is 4.05. The Morgan fingerprint density at radius 2 is 1.82 bits per heavy atom. The molecule has 0 bridgehead atoms. The van der Waals surface area contributed by atoms with Crippen molar-refractivity contribution >= 4 is 50.3 Å². The lowest BCUT2D eigenvalue weighted by atomic mass is 9.81. The van der Waals surface area contributed by atoms with Gasteiger partial charge >= 0.3 is 5.97 Å². The van der Waals surface area contributed by atoms with Crippen LogP contribution >= 0.6 is 11.7 Å². The van der Waals surface area contributed by atoms with Gasteiger partial charge in [0.2, 0.25) is 15.9 Å². The van der Waals surface area contributed by atoms with E-state index < -0.39 is 16.0 Å². The third-order valence-electron chi connectivity index (χ3n) is 5.91. The molecule has 1 heterocycles. The summed E-state index contributed by atoms with van der Waals surface area (Å²) in [5, 5.41) is 2.84. The predicted molar refractivity (Wildman–Crippen MR) is 124 cm³/mol. The van der Waals surface area contributed by atoms with Crippen molar-refractivity contribution in [1.82, 2.24) is 13.5 Å². The first-order valence-electron chi connectivity index (χ1n) is 10.6. The molecule has 1 amide bonds. The number of fused-ring (bicyclic) bond motifs is 1. The van der Waals surface area contributed by atoms with Crippen molar-refractivity contribution in [3.8, 4) is 0 Å². The van der Waals surface area contributed by atoms with Crippen molar-refractivity contribution in [2.24, 2.45) is 11.8 Å². The summed E-state index contributed by atoms with van der Waals surface area (Å²) in [5.74, 6) is -0.712. The molecule has 2 N–H and O–H groups in total. The number of ether oxygens (including phenoxy) is 1. The molecule has 11 heteroatoms. The van der Waals surface area contributed by atoms with Gasteiger partial charge in [-0.25, -0.2) is 17.9 Å². The minimum Gasteiger partial charge on any atom is -0.465 e. The Morgan fingerprint density at radius 1 is 1.06 bits per heavy atom. The van der Waals surface area contributed by atoms with E-state index in [9.17, 15) is 18.0 Å². The van der Waals surface area contributed by atoms with Crippen molar-refractivity contribution in [3.05, 3.63) is 48.0 Å². The van der Waals surface area contributed by atoms with Gasteiger partial charge in [0.25, 0.3) is 0 Å². The number of anilines is 1. The molecule has 2 aromatic carbocycles. The van der Waals surface area contributed by atoms with Crippen LogP contribution in [0.15, 0.2) is 47.4 Å². The number of esters is 1.